The Balaban J connectivity index is -0.000000647. The van der Waals surface area contributed by atoms with E-state index in [0.717, 1.165) is 36.7 Å². The van der Waals surface area contributed by atoms with Crippen LogP contribution in [0.25, 0.3) is 10.4 Å². The topological polar surface area (TPSA) is 187 Å². The van der Waals surface area contributed by atoms with E-state index in [1.54, 1.807) is 23.5 Å². The maximum absolute atomic E-state index is 10.5. The van der Waals surface area contributed by atoms with Gasteiger partial charge in [0, 0.05) is 43.1 Å². The zero-order chi connectivity index (χ0) is 33.9. The molecule has 0 heterocycles. The third kappa shape index (κ3) is 49.9. The van der Waals surface area contributed by atoms with E-state index in [-0.39, 0.29) is 12.4 Å². The van der Waals surface area contributed by atoms with Gasteiger partial charge in [0.25, 0.3) is 0 Å². The molecule has 0 fully saturated rings. The van der Waals surface area contributed by atoms with Crippen molar-refractivity contribution in [2.75, 3.05) is 137 Å². The molecule has 15 nitrogen and oxygen atoms in total. The molecule has 0 atom stereocenters. The minimum atomic E-state index is 0.190. The molecule has 0 spiro atoms. The average Bonchev–Trinajstić information content (AvgIpc) is 3.03. The Morgan fingerprint density at radius 3 is 1.60 bits per heavy atom. The summed E-state index contributed by atoms with van der Waals surface area (Å²) in [5.41, 5.74) is 9.05. The minimum Gasteiger partial charge on any atom is -0.393 e. The van der Waals surface area contributed by atoms with Gasteiger partial charge in [-0.25, -0.2) is 5.90 Å². The molecule has 0 aliphatic heterocycles. The van der Waals surface area contributed by atoms with Crippen LogP contribution in [0, 0.1) is 0 Å². The summed E-state index contributed by atoms with van der Waals surface area (Å²) in [6.07, 6.45) is 6.73. The van der Waals surface area contributed by atoms with Gasteiger partial charge < -0.3 is 42.8 Å². The number of nitrogens with zero attached hydrogens (tertiary/aromatic N) is 4. The van der Waals surface area contributed by atoms with Crippen molar-refractivity contribution in [3.63, 3.8) is 0 Å². The van der Waals surface area contributed by atoms with Crippen LogP contribution in [0.15, 0.2) is 10.3 Å². The number of oxime groups is 1. The lowest BCUT2D eigenvalue weighted by molar-refractivity contribution is -0.122. The fourth-order valence-corrected chi connectivity index (χ4v) is 3.76. The van der Waals surface area contributed by atoms with E-state index < -0.39 is 0 Å². The number of rotatable bonds is 32. The van der Waals surface area contributed by atoms with Gasteiger partial charge in [-0.05, 0) is 30.9 Å². The highest BCUT2D eigenvalue weighted by molar-refractivity contribution is 8.00. The van der Waals surface area contributed by atoms with E-state index in [4.69, 9.17) is 44.7 Å². The lowest BCUT2D eigenvalue weighted by Crippen LogP contribution is -2.13. The number of carbonyl (C=O) groups excluding carboxylic acids is 1. The van der Waals surface area contributed by atoms with Crippen LogP contribution < -0.4 is 5.90 Å². The molecule has 45 heavy (non-hydrogen) atoms. The molecule has 0 aromatic heterocycles. The number of Topliss-reactive ketones (excluding diaryl/α,β-unsaturated/α-hetero) is 1. The molecule has 0 aliphatic rings. The molecule has 0 aromatic rings. The molecule has 0 bridgehead atoms. The smallest absolute Gasteiger partial charge is 0.158 e. The van der Waals surface area contributed by atoms with Crippen LogP contribution in [0.1, 0.15) is 33.1 Å². The van der Waals surface area contributed by atoms with Crippen LogP contribution in [0.2, 0.25) is 0 Å². The Morgan fingerprint density at radius 1 is 0.711 bits per heavy atom. The molecule has 0 saturated carbocycles. The summed E-state index contributed by atoms with van der Waals surface area (Å²) in [5, 5.41) is 7.45. The van der Waals surface area contributed by atoms with Crippen molar-refractivity contribution < 1.29 is 47.6 Å². The number of carbonyl (C=O) groups is 1. The normalized spacial score (nSPS) is 10.2. The molecular formula is C28H59N5O10S2. The maximum Gasteiger partial charge on any atom is 0.158 e. The first-order chi connectivity index (χ1) is 22.1. The zero-order valence-electron chi connectivity index (χ0n) is 28.1. The predicted octanol–water partition coefficient (Wildman–Crippen LogP) is 3.78. The predicted molar refractivity (Wildman–Crippen MR) is 181 cm³/mol. The van der Waals surface area contributed by atoms with Crippen molar-refractivity contribution in [3.05, 3.63) is 10.4 Å². The molecule has 17 heteroatoms. The van der Waals surface area contributed by atoms with E-state index in [1.807, 2.05) is 6.92 Å². The van der Waals surface area contributed by atoms with Gasteiger partial charge in [-0.1, -0.05) is 24.1 Å². The highest BCUT2D eigenvalue weighted by atomic mass is 32.2. The Labute approximate surface area is 278 Å². The largest absolute Gasteiger partial charge is 0.393 e. The van der Waals surface area contributed by atoms with Crippen LogP contribution in [0.5, 0.6) is 0 Å². The van der Waals surface area contributed by atoms with Gasteiger partial charge >= 0.3 is 0 Å². The van der Waals surface area contributed by atoms with Crippen molar-refractivity contribution >= 4 is 35.0 Å². The summed E-state index contributed by atoms with van der Waals surface area (Å²) >= 11 is 3.50. The second-order valence-corrected chi connectivity index (χ2v) is 10.3. The number of hydrogen-bond donors (Lipinski definition) is 1. The third-order valence-electron chi connectivity index (χ3n) is 4.55. The molecule has 0 rings (SSSR count). The quantitative estimate of drug-likeness (QED) is 0.0269. The van der Waals surface area contributed by atoms with Crippen LogP contribution >= 0.6 is 23.5 Å². The van der Waals surface area contributed by atoms with E-state index in [9.17, 15) is 4.79 Å². The first-order valence-corrected chi connectivity index (χ1v) is 17.8. The SMILES string of the molecule is CCCC(=O)COC.CCCOCCOCCOCCON=C(CSC)CSC.[N-]=[N+]=NCCOCCOCCOCCON. The number of azide groups is 1. The lowest BCUT2D eigenvalue weighted by Gasteiger charge is -2.06. The molecule has 0 radical (unpaired) electrons. The monoisotopic (exact) mass is 689 g/mol. The van der Waals surface area contributed by atoms with Crippen molar-refractivity contribution in [2.45, 2.75) is 33.1 Å². The second kappa shape index (κ2) is 47.2. The molecular weight excluding hydrogens is 630 g/mol. The van der Waals surface area contributed by atoms with Crippen molar-refractivity contribution in [1.82, 2.24) is 0 Å². The van der Waals surface area contributed by atoms with Gasteiger partial charge in [-0.15, -0.1) is 0 Å². The minimum absolute atomic E-state index is 0.190. The van der Waals surface area contributed by atoms with Gasteiger partial charge in [0.15, 0.2) is 5.78 Å². The number of ether oxygens (including phenoxy) is 7. The number of ketones is 1. The number of hydrogen-bond acceptors (Lipinski definition) is 15. The highest BCUT2D eigenvalue weighted by Crippen LogP contribution is 2.01. The van der Waals surface area contributed by atoms with Crippen molar-refractivity contribution in [2.24, 2.45) is 16.2 Å². The van der Waals surface area contributed by atoms with E-state index in [1.165, 1.54) is 7.11 Å². The van der Waals surface area contributed by atoms with Crippen molar-refractivity contribution in [3.8, 4) is 0 Å². The lowest BCUT2D eigenvalue weighted by atomic mass is 10.2. The van der Waals surface area contributed by atoms with E-state index in [2.05, 4.69) is 44.2 Å². The summed E-state index contributed by atoms with van der Waals surface area (Å²) < 4.78 is 36.1. The van der Waals surface area contributed by atoms with Crippen LogP contribution in [-0.4, -0.2) is 148 Å². The molecule has 2 N–H and O–H groups in total. The first-order valence-electron chi connectivity index (χ1n) is 15.0. The molecule has 268 valence electrons. The van der Waals surface area contributed by atoms with Gasteiger partial charge in [0.05, 0.1) is 85.0 Å². The Kier molecular flexibility index (Phi) is 50.5. The average molecular weight is 690 g/mol. The third-order valence-corrected chi connectivity index (χ3v) is 5.79. The van der Waals surface area contributed by atoms with Gasteiger partial charge in [0.2, 0.25) is 0 Å². The summed E-state index contributed by atoms with van der Waals surface area (Å²) in [7, 11) is 1.54. The molecule has 0 aromatic carbocycles. The van der Waals surface area contributed by atoms with Crippen molar-refractivity contribution in [1.29, 1.82) is 0 Å². The Morgan fingerprint density at radius 2 is 1.18 bits per heavy atom. The molecule has 0 aliphatic carbocycles. The summed E-state index contributed by atoms with van der Waals surface area (Å²) in [6.45, 7) is 12.2. The fraction of sp³-hybridized carbons (Fsp3) is 0.929. The van der Waals surface area contributed by atoms with Gasteiger partial charge in [0.1, 0.15) is 13.2 Å². The Hall–Kier alpha value is -1.21. The van der Waals surface area contributed by atoms with Crippen LogP contribution in [0.3, 0.4) is 0 Å². The number of nitrogens with two attached hydrogens (primary N) is 1. The highest BCUT2D eigenvalue weighted by Gasteiger charge is 1.99. The van der Waals surface area contributed by atoms with E-state index >= 15 is 0 Å². The second-order valence-electron chi connectivity index (χ2n) is 8.58. The summed E-state index contributed by atoms with van der Waals surface area (Å²) in [6, 6.07) is 0. The molecule has 0 saturated heterocycles. The van der Waals surface area contributed by atoms with Gasteiger partial charge in [-0.2, -0.15) is 23.5 Å². The Bertz CT molecular complexity index is 651. The number of thioether (sulfide) groups is 2. The van der Waals surface area contributed by atoms with Crippen LogP contribution in [0.4, 0.5) is 0 Å². The fourth-order valence-electron chi connectivity index (χ4n) is 2.66. The maximum atomic E-state index is 10.5. The summed E-state index contributed by atoms with van der Waals surface area (Å²) in [5.74, 6) is 6.82. The van der Waals surface area contributed by atoms with E-state index in [0.29, 0.717) is 98.9 Å². The zero-order valence-corrected chi connectivity index (χ0v) is 29.7. The van der Waals surface area contributed by atoms with Crippen LogP contribution in [-0.2, 0) is 47.6 Å². The van der Waals surface area contributed by atoms with Gasteiger partial charge in [-0.3, -0.25) is 4.79 Å². The summed E-state index contributed by atoms with van der Waals surface area (Å²) in [4.78, 5) is 22.7. The number of methoxy groups -OCH3 is 1. The first kappa shape index (κ1) is 48.2. The standard InChI is InChI=1S/C14H29NO4S2.C8H18N4O4.C6H12O2/c1-4-5-16-6-7-17-8-9-18-10-11-19-15-14(12-20-2)13-21-3;9-12-11-1-2-13-3-4-14-5-6-15-7-8-16-10;1-3-4-6(7)5-8-2/h4-13H2,1-3H3;1-8,10H2;3-5H2,1-2H3. The molecule has 0 amide bonds. The molecule has 0 unspecified atom stereocenters.